The van der Waals surface area contributed by atoms with Crippen LogP contribution >= 0.6 is 0 Å². The number of hydrogen-bond donors (Lipinski definition) is 0. The Labute approximate surface area is 75.8 Å². The molecule has 0 N–H and O–H groups in total. The van der Waals surface area contributed by atoms with E-state index < -0.39 is 0 Å². The molecule has 1 atom stereocenters. The molecule has 66 valence electrons. The lowest BCUT2D eigenvalue weighted by atomic mass is 10.0. The average Bonchev–Trinajstić information content (AvgIpc) is 2.18. The lowest BCUT2D eigenvalue weighted by Gasteiger charge is -2.15. The number of hydrogen-bond acceptors (Lipinski definition) is 3. The van der Waals surface area contributed by atoms with Crippen molar-refractivity contribution in [2.75, 3.05) is 0 Å². The molecule has 1 unspecified atom stereocenters. The molecule has 0 radical (unpaired) electrons. The number of aliphatic imine (C=N–C) groups is 3. The third-order valence-corrected chi connectivity index (χ3v) is 1.97. The Kier molecular flexibility index (Phi) is 1.88. The van der Waals surface area contributed by atoms with Crippen LogP contribution in [-0.4, -0.2) is 23.7 Å². The fourth-order valence-electron chi connectivity index (χ4n) is 1.27. The van der Waals surface area contributed by atoms with Crippen molar-refractivity contribution in [3.63, 3.8) is 0 Å². The summed E-state index contributed by atoms with van der Waals surface area (Å²) >= 11 is 0. The number of fused-ring (bicyclic) bond motifs is 1. The van der Waals surface area contributed by atoms with E-state index in [1.54, 1.807) is 18.5 Å². The van der Waals surface area contributed by atoms with Crippen molar-refractivity contribution in [2.24, 2.45) is 20.9 Å². The summed E-state index contributed by atoms with van der Waals surface area (Å²) in [5.41, 5.74) is 0.708. The van der Waals surface area contributed by atoms with Crippen LogP contribution in [0.25, 0.3) is 0 Å². The lowest BCUT2D eigenvalue weighted by Crippen LogP contribution is -2.29. The first-order valence-corrected chi connectivity index (χ1v) is 4.21. The molecule has 0 aliphatic carbocycles. The molecule has 0 saturated carbocycles. The van der Waals surface area contributed by atoms with Crippen molar-refractivity contribution in [3.8, 4) is 0 Å². The van der Waals surface area contributed by atoms with Gasteiger partial charge in [-0.15, -0.1) is 0 Å². The highest BCUT2D eigenvalue weighted by molar-refractivity contribution is 6.40. The van der Waals surface area contributed by atoms with Crippen molar-refractivity contribution in [1.82, 2.24) is 0 Å². The van der Waals surface area contributed by atoms with Crippen molar-refractivity contribution in [2.45, 2.75) is 13.3 Å². The van der Waals surface area contributed by atoms with Gasteiger partial charge in [0.2, 0.25) is 0 Å². The van der Waals surface area contributed by atoms with Crippen LogP contribution in [0.4, 0.5) is 0 Å². The minimum Gasteiger partial charge on any atom is -0.271 e. The summed E-state index contributed by atoms with van der Waals surface area (Å²) < 4.78 is 0. The molecular formula is C9H9N3O. The van der Waals surface area contributed by atoms with E-state index in [2.05, 4.69) is 15.0 Å². The van der Waals surface area contributed by atoms with Gasteiger partial charge < -0.3 is 0 Å². The van der Waals surface area contributed by atoms with E-state index in [0.29, 0.717) is 18.0 Å². The molecule has 0 spiro atoms. The van der Waals surface area contributed by atoms with E-state index in [9.17, 15) is 4.79 Å². The summed E-state index contributed by atoms with van der Waals surface area (Å²) in [4.78, 5) is 23.4. The summed E-state index contributed by atoms with van der Waals surface area (Å²) in [5.74, 6) is 0.162. The Bertz CT molecular complexity index is 363. The first kappa shape index (κ1) is 8.04. The van der Waals surface area contributed by atoms with Gasteiger partial charge in [0.1, 0.15) is 11.8 Å². The fraction of sp³-hybridized carbons (Fsp3) is 0.333. The minimum absolute atomic E-state index is 0.135. The van der Waals surface area contributed by atoms with Gasteiger partial charge in [0, 0.05) is 18.8 Å². The molecule has 2 aliphatic rings. The van der Waals surface area contributed by atoms with Crippen LogP contribution in [0.15, 0.2) is 27.3 Å². The van der Waals surface area contributed by atoms with Gasteiger partial charge in [0.15, 0.2) is 0 Å². The molecule has 2 aliphatic heterocycles. The van der Waals surface area contributed by atoms with Crippen LogP contribution in [0.1, 0.15) is 13.3 Å². The number of nitrogens with zero attached hydrogens (tertiary/aromatic N) is 3. The third-order valence-electron chi connectivity index (χ3n) is 1.97. The third kappa shape index (κ3) is 1.35. The Morgan fingerprint density at radius 2 is 2.31 bits per heavy atom. The SMILES string of the molecule is CCC1=NC(=O)C2C=CN=CC2=N1. The minimum atomic E-state index is -0.298. The molecule has 13 heavy (non-hydrogen) atoms. The van der Waals surface area contributed by atoms with Gasteiger partial charge in [-0.05, 0) is 6.08 Å². The first-order valence-electron chi connectivity index (χ1n) is 4.21. The maximum absolute atomic E-state index is 11.4. The molecule has 0 aromatic heterocycles. The first-order chi connectivity index (χ1) is 6.31. The van der Waals surface area contributed by atoms with Crippen LogP contribution in [0.3, 0.4) is 0 Å². The van der Waals surface area contributed by atoms with Crippen LogP contribution in [0, 0.1) is 5.92 Å². The molecule has 4 nitrogen and oxygen atoms in total. The number of amides is 1. The maximum Gasteiger partial charge on any atom is 0.260 e. The zero-order valence-corrected chi connectivity index (χ0v) is 7.27. The summed E-state index contributed by atoms with van der Waals surface area (Å²) in [6, 6.07) is 0. The van der Waals surface area contributed by atoms with E-state index in [1.807, 2.05) is 6.92 Å². The molecule has 1 amide bonds. The zero-order valence-electron chi connectivity index (χ0n) is 7.27. The van der Waals surface area contributed by atoms with Crippen molar-refractivity contribution in [3.05, 3.63) is 12.3 Å². The second-order valence-corrected chi connectivity index (χ2v) is 2.85. The summed E-state index contributed by atoms with van der Waals surface area (Å²) in [7, 11) is 0. The molecule has 4 heteroatoms. The number of carbonyl (C=O) groups excluding carboxylic acids is 1. The van der Waals surface area contributed by atoms with Crippen molar-refractivity contribution in [1.29, 1.82) is 0 Å². The summed E-state index contributed by atoms with van der Waals surface area (Å²) in [6.07, 6.45) is 5.62. The number of rotatable bonds is 1. The van der Waals surface area contributed by atoms with E-state index in [1.165, 1.54) is 0 Å². The second kappa shape index (κ2) is 3.05. The molecule has 0 fully saturated rings. The second-order valence-electron chi connectivity index (χ2n) is 2.85. The Morgan fingerprint density at radius 1 is 1.46 bits per heavy atom. The summed E-state index contributed by atoms with van der Waals surface area (Å²) in [6.45, 7) is 1.92. The Hall–Kier alpha value is -1.58. The largest absolute Gasteiger partial charge is 0.271 e. The monoisotopic (exact) mass is 175 g/mol. The topological polar surface area (TPSA) is 54.1 Å². The van der Waals surface area contributed by atoms with Crippen molar-refractivity contribution < 1.29 is 4.79 Å². The number of carbonyl (C=O) groups is 1. The van der Waals surface area contributed by atoms with E-state index in [0.717, 1.165) is 0 Å². The van der Waals surface area contributed by atoms with Crippen LogP contribution < -0.4 is 0 Å². The zero-order chi connectivity index (χ0) is 9.26. The van der Waals surface area contributed by atoms with E-state index in [-0.39, 0.29) is 11.8 Å². The maximum atomic E-state index is 11.4. The van der Waals surface area contributed by atoms with Crippen LogP contribution in [0.2, 0.25) is 0 Å². The molecular weight excluding hydrogens is 166 g/mol. The molecule has 2 heterocycles. The average molecular weight is 175 g/mol. The summed E-state index contributed by atoms with van der Waals surface area (Å²) in [5, 5.41) is 0. The van der Waals surface area contributed by atoms with Crippen LogP contribution in [0.5, 0.6) is 0 Å². The van der Waals surface area contributed by atoms with E-state index in [4.69, 9.17) is 0 Å². The highest BCUT2D eigenvalue weighted by Gasteiger charge is 2.26. The van der Waals surface area contributed by atoms with E-state index >= 15 is 0 Å². The van der Waals surface area contributed by atoms with Crippen LogP contribution in [-0.2, 0) is 4.79 Å². The molecule has 0 aromatic carbocycles. The highest BCUT2D eigenvalue weighted by atomic mass is 16.1. The molecule has 0 bridgehead atoms. The standard InChI is InChI=1S/C9H9N3O/c1-2-8-11-7-5-10-4-3-6(7)9(13)12-8/h3-6H,2H2,1H3. The quantitative estimate of drug-likeness (QED) is 0.586. The smallest absolute Gasteiger partial charge is 0.260 e. The normalized spacial score (nSPS) is 25.3. The predicted molar refractivity (Wildman–Crippen MR) is 51.3 cm³/mol. The Balaban J connectivity index is 2.39. The van der Waals surface area contributed by atoms with Gasteiger partial charge in [0.25, 0.3) is 5.91 Å². The number of amidine groups is 1. The fourth-order valence-corrected chi connectivity index (χ4v) is 1.27. The van der Waals surface area contributed by atoms with Gasteiger partial charge in [-0.1, -0.05) is 6.92 Å². The predicted octanol–water partition coefficient (Wildman–Crippen LogP) is 0.990. The van der Waals surface area contributed by atoms with Gasteiger partial charge in [-0.2, -0.15) is 4.99 Å². The van der Waals surface area contributed by atoms with Gasteiger partial charge in [-0.25, -0.2) is 4.99 Å². The van der Waals surface area contributed by atoms with Gasteiger partial charge >= 0.3 is 0 Å². The highest BCUT2D eigenvalue weighted by Crippen LogP contribution is 2.14. The molecule has 0 saturated heterocycles. The molecule has 0 aromatic rings. The molecule has 2 rings (SSSR count). The lowest BCUT2D eigenvalue weighted by molar-refractivity contribution is -0.118. The van der Waals surface area contributed by atoms with Gasteiger partial charge in [-0.3, -0.25) is 9.79 Å². The van der Waals surface area contributed by atoms with Crippen molar-refractivity contribution >= 4 is 23.7 Å². The van der Waals surface area contributed by atoms with Gasteiger partial charge in [0.05, 0.1) is 5.71 Å². The Morgan fingerprint density at radius 3 is 3.08 bits per heavy atom.